The number of hydrogen-bond acceptors (Lipinski definition) is 6. The van der Waals surface area contributed by atoms with Crippen LogP contribution in [0.1, 0.15) is 40.7 Å². The maximum atomic E-state index is 13.0. The average molecular weight is 459 g/mol. The van der Waals surface area contributed by atoms with Crippen molar-refractivity contribution >= 4 is 23.7 Å². The molecule has 0 bridgehead atoms. The number of aliphatic carboxylic acids is 1. The number of fused-ring (bicyclic) bond motifs is 1. The SMILES string of the molecule is O=C(O)CCc1ccc(-c2cn(-c3cccc4c3CN(C3CCC(=O)NC3=O)C4=O)nn2)cc1. The van der Waals surface area contributed by atoms with Gasteiger partial charge in [-0.2, -0.15) is 0 Å². The molecule has 0 radical (unpaired) electrons. The van der Waals surface area contributed by atoms with Crippen molar-refractivity contribution in [3.8, 4) is 16.9 Å². The van der Waals surface area contributed by atoms with Crippen molar-refractivity contribution in [3.05, 3.63) is 65.4 Å². The number of aromatic nitrogens is 3. The summed E-state index contributed by atoms with van der Waals surface area (Å²) in [5, 5.41) is 19.7. The van der Waals surface area contributed by atoms with E-state index in [1.165, 1.54) is 4.90 Å². The van der Waals surface area contributed by atoms with Gasteiger partial charge >= 0.3 is 5.97 Å². The highest BCUT2D eigenvalue weighted by atomic mass is 16.4. The molecule has 5 rings (SSSR count). The van der Waals surface area contributed by atoms with E-state index in [4.69, 9.17) is 5.11 Å². The topological polar surface area (TPSA) is 134 Å². The summed E-state index contributed by atoms with van der Waals surface area (Å²) >= 11 is 0. The number of carbonyl (C=O) groups is 4. The zero-order chi connectivity index (χ0) is 23.8. The third-order valence-corrected chi connectivity index (χ3v) is 6.17. The van der Waals surface area contributed by atoms with Crippen LogP contribution in [-0.2, 0) is 27.3 Å². The molecule has 1 unspecified atom stereocenters. The second kappa shape index (κ2) is 8.54. The van der Waals surface area contributed by atoms with Gasteiger partial charge in [0.2, 0.25) is 11.8 Å². The Balaban J connectivity index is 1.38. The predicted octanol–water partition coefficient (Wildman–Crippen LogP) is 1.71. The third-order valence-electron chi connectivity index (χ3n) is 6.17. The van der Waals surface area contributed by atoms with Crippen LogP contribution >= 0.6 is 0 Å². The minimum atomic E-state index is -0.836. The number of imide groups is 1. The summed E-state index contributed by atoms with van der Waals surface area (Å²) in [6, 6.07) is 12.1. The molecule has 3 amide bonds. The standard InChI is InChI=1S/C24H21N5O5/c30-21-10-9-20(23(33)25-21)28-12-17-16(24(28)34)2-1-3-19(17)29-13-18(26-27-29)15-7-4-14(5-8-15)6-11-22(31)32/h1-5,7-8,13,20H,6,9-12H2,(H,31,32)(H,25,30,33). The third kappa shape index (κ3) is 3.94. The summed E-state index contributed by atoms with van der Waals surface area (Å²) in [6.45, 7) is 0.240. The molecule has 172 valence electrons. The molecule has 10 nitrogen and oxygen atoms in total. The van der Waals surface area contributed by atoms with Gasteiger partial charge in [-0.25, -0.2) is 4.68 Å². The highest BCUT2D eigenvalue weighted by Crippen LogP contribution is 2.31. The first-order valence-corrected chi connectivity index (χ1v) is 10.9. The summed E-state index contributed by atoms with van der Waals surface area (Å²) in [5.74, 6) is -1.86. The quantitative estimate of drug-likeness (QED) is 0.536. The molecule has 1 saturated heterocycles. The minimum Gasteiger partial charge on any atom is -0.481 e. The highest BCUT2D eigenvalue weighted by molar-refractivity contribution is 6.05. The summed E-state index contributed by atoms with van der Waals surface area (Å²) in [7, 11) is 0. The summed E-state index contributed by atoms with van der Waals surface area (Å²) < 4.78 is 1.60. The Labute approximate surface area is 194 Å². The number of carbonyl (C=O) groups excluding carboxylic acids is 3. The van der Waals surface area contributed by atoms with Gasteiger partial charge < -0.3 is 10.0 Å². The van der Waals surface area contributed by atoms with E-state index in [1.54, 1.807) is 23.0 Å². The van der Waals surface area contributed by atoms with Gasteiger partial charge in [0, 0.05) is 36.1 Å². The summed E-state index contributed by atoms with van der Waals surface area (Å²) in [6.07, 6.45) is 2.79. The number of carboxylic acids is 1. The van der Waals surface area contributed by atoms with Gasteiger partial charge in [0.05, 0.1) is 11.9 Å². The Hall–Kier alpha value is -4.34. The molecule has 10 heteroatoms. The zero-order valence-electron chi connectivity index (χ0n) is 18.1. The fourth-order valence-electron chi connectivity index (χ4n) is 4.39. The van der Waals surface area contributed by atoms with E-state index in [0.717, 1.165) is 16.7 Å². The first-order valence-electron chi connectivity index (χ1n) is 10.9. The van der Waals surface area contributed by atoms with E-state index in [9.17, 15) is 19.2 Å². The van der Waals surface area contributed by atoms with Crippen molar-refractivity contribution in [1.29, 1.82) is 0 Å². The van der Waals surface area contributed by atoms with E-state index < -0.39 is 17.9 Å². The zero-order valence-corrected chi connectivity index (χ0v) is 18.1. The molecule has 2 aromatic carbocycles. The highest BCUT2D eigenvalue weighted by Gasteiger charge is 2.40. The average Bonchev–Trinajstić information content (AvgIpc) is 3.44. The first-order chi connectivity index (χ1) is 16.4. The van der Waals surface area contributed by atoms with E-state index in [2.05, 4.69) is 15.6 Å². The van der Waals surface area contributed by atoms with Crippen LogP contribution in [0, 0.1) is 0 Å². The Morgan fingerprint density at radius 1 is 1.12 bits per heavy atom. The van der Waals surface area contributed by atoms with Gasteiger partial charge in [-0.05, 0) is 30.5 Å². The van der Waals surface area contributed by atoms with Gasteiger partial charge in [0.25, 0.3) is 5.91 Å². The molecule has 34 heavy (non-hydrogen) atoms. The molecule has 2 N–H and O–H groups in total. The van der Waals surface area contributed by atoms with Crippen LogP contribution in [0.4, 0.5) is 0 Å². The monoisotopic (exact) mass is 459 g/mol. The number of rotatable bonds is 6. The van der Waals surface area contributed by atoms with Crippen molar-refractivity contribution in [2.75, 3.05) is 0 Å². The maximum absolute atomic E-state index is 13.0. The molecule has 0 saturated carbocycles. The van der Waals surface area contributed by atoms with Crippen molar-refractivity contribution in [2.24, 2.45) is 0 Å². The number of piperidine rings is 1. The smallest absolute Gasteiger partial charge is 0.303 e. The fraction of sp³-hybridized carbons (Fsp3) is 0.250. The van der Waals surface area contributed by atoms with E-state index in [-0.39, 0.29) is 31.2 Å². The Morgan fingerprint density at radius 2 is 1.91 bits per heavy atom. The van der Waals surface area contributed by atoms with Crippen molar-refractivity contribution in [2.45, 2.75) is 38.3 Å². The minimum absolute atomic E-state index is 0.0726. The second-order valence-electron chi connectivity index (χ2n) is 8.34. The molecule has 1 aromatic heterocycles. The van der Waals surface area contributed by atoms with Gasteiger partial charge in [-0.3, -0.25) is 24.5 Å². The first kappa shape index (κ1) is 21.5. The number of nitrogens with zero attached hydrogens (tertiary/aromatic N) is 4. The lowest BCUT2D eigenvalue weighted by Crippen LogP contribution is -2.52. The molecule has 3 aromatic rings. The van der Waals surface area contributed by atoms with Crippen molar-refractivity contribution < 1.29 is 24.3 Å². The Kier molecular flexibility index (Phi) is 5.40. The number of benzene rings is 2. The van der Waals surface area contributed by atoms with Gasteiger partial charge in [0.15, 0.2) is 0 Å². The van der Waals surface area contributed by atoms with Crippen LogP contribution in [0.25, 0.3) is 16.9 Å². The number of amides is 3. The van der Waals surface area contributed by atoms with Crippen LogP contribution in [0.3, 0.4) is 0 Å². The van der Waals surface area contributed by atoms with Crippen LogP contribution in [-0.4, -0.2) is 54.7 Å². The van der Waals surface area contributed by atoms with Crippen molar-refractivity contribution in [1.82, 2.24) is 25.2 Å². The lowest BCUT2D eigenvalue weighted by Gasteiger charge is -2.29. The van der Waals surface area contributed by atoms with Gasteiger partial charge in [-0.15, -0.1) is 5.10 Å². The maximum Gasteiger partial charge on any atom is 0.303 e. The van der Waals surface area contributed by atoms with Crippen LogP contribution in [0.5, 0.6) is 0 Å². The Bertz CT molecular complexity index is 1310. The second-order valence-corrected chi connectivity index (χ2v) is 8.34. The number of nitrogens with one attached hydrogen (secondary N) is 1. The lowest BCUT2D eigenvalue weighted by molar-refractivity contribution is -0.138. The number of hydrogen-bond donors (Lipinski definition) is 2. The molecule has 1 atom stereocenters. The van der Waals surface area contributed by atoms with E-state index in [1.807, 2.05) is 30.3 Å². The molecular formula is C24H21N5O5. The number of carboxylic acid groups (broad SMARTS) is 1. The van der Waals surface area contributed by atoms with E-state index in [0.29, 0.717) is 29.8 Å². The molecule has 3 heterocycles. The lowest BCUT2D eigenvalue weighted by atomic mass is 10.0. The largest absolute Gasteiger partial charge is 0.481 e. The van der Waals surface area contributed by atoms with Crippen LogP contribution in [0.2, 0.25) is 0 Å². The Morgan fingerprint density at radius 3 is 2.65 bits per heavy atom. The van der Waals surface area contributed by atoms with Gasteiger partial charge in [0.1, 0.15) is 11.7 Å². The number of aryl methyl sites for hydroxylation is 1. The van der Waals surface area contributed by atoms with Crippen LogP contribution in [0.15, 0.2) is 48.7 Å². The summed E-state index contributed by atoms with van der Waals surface area (Å²) in [5.41, 5.74) is 4.33. The normalized spacial score (nSPS) is 17.6. The van der Waals surface area contributed by atoms with Gasteiger partial charge in [-0.1, -0.05) is 35.5 Å². The van der Waals surface area contributed by atoms with Crippen molar-refractivity contribution in [3.63, 3.8) is 0 Å². The molecule has 2 aliphatic heterocycles. The van der Waals surface area contributed by atoms with E-state index >= 15 is 0 Å². The fourth-order valence-corrected chi connectivity index (χ4v) is 4.39. The molecule has 2 aliphatic rings. The van der Waals surface area contributed by atoms with Crippen LogP contribution < -0.4 is 5.32 Å². The molecular weight excluding hydrogens is 438 g/mol. The molecule has 0 spiro atoms. The summed E-state index contributed by atoms with van der Waals surface area (Å²) in [4.78, 5) is 49.1. The molecule has 0 aliphatic carbocycles. The molecule has 1 fully saturated rings. The predicted molar refractivity (Wildman–Crippen MR) is 119 cm³/mol.